The molecule has 0 saturated heterocycles. The molecule has 0 radical (unpaired) electrons. The second kappa shape index (κ2) is 13.3. The minimum absolute atomic E-state index is 0.614. The summed E-state index contributed by atoms with van der Waals surface area (Å²) in [5.74, 6) is 1.23. The number of pyridine rings is 2. The van der Waals surface area contributed by atoms with Crippen LogP contribution >= 0.6 is 0 Å². The zero-order valence-corrected chi connectivity index (χ0v) is 28.9. The SMILES string of the molecule is c1ccc(-c2ccc(-c3cccc(-c4ccc(-c5nc6ccccc6o5)cc4)c3)c(-c3ccc(-c4ccc(-c5nc6ccccc6o5)cc4)cc3)n2)nc1. The van der Waals surface area contributed by atoms with Gasteiger partial charge in [0, 0.05) is 28.5 Å². The summed E-state index contributed by atoms with van der Waals surface area (Å²) in [4.78, 5) is 19.1. The van der Waals surface area contributed by atoms with E-state index in [2.05, 4.69) is 124 Å². The molecule has 6 nitrogen and oxygen atoms in total. The summed E-state index contributed by atoms with van der Waals surface area (Å²) >= 11 is 0. The molecule has 0 N–H and O–H groups in total. The van der Waals surface area contributed by atoms with Crippen LogP contribution in [0.15, 0.2) is 191 Å². The number of benzene rings is 6. The smallest absolute Gasteiger partial charge is 0.227 e. The molecule has 6 heteroatoms. The van der Waals surface area contributed by atoms with Crippen LogP contribution in [0.3, 0.4) is 0 Å². The lowest BCUT2D eigenvalue weighted by molar-refractivity contribution is 0.619. The maximum Gasteiger partial charge on any atom is 0.227 e. The van der Waals surface area contributed by atoms with Crippen molar-refractivity contribution in [3.63, 3.8) is 0 Å². The van der Waals surface area contributed by atoms with Crippen LogP contribution in [0, 0.1) is 0 Å². The van der Waals surface area contributed by atoms with Crippen LogP contribution in [0.25, 0.3) is 101 Å². The summed E-state index contributed by atoms with van der Waals surface area (Å²) in [5.41, 5.74) is 15.2. The third-order valence-electron chi connectivity index (χ3n) is 9.67. The molecule has 0 aliphatic carbocycles. The van der Waals surface area contributed by atoms with Gasteiger partial charge in [-0.2, -0.15) is 0 Å². The molecule has 254 valence electrons. The molecule has 4 aromatic heterocycles. The Balaban J connectivity index is 0.974. The molecule has 10 rings (SSSR count). The molecule has 0 atom stereocenters. The quantitative estimate of drug-likeness (QED) is 0.165. The lowest BCUT2D eigenvalue weighted by atomic mass is 9.94. The molecular formula is C48H30N4O2. The Bertz CT molecular complexity index is 2850. The van der Waals surface area contributed by atoms with Crippen LogP contribution < -0.4 is 0 Å². The number of oxazole rings is 2. The molecule has 0 spiro atoms. The van der Waals surface area contributed by atoms with Crippen LogP contribution in [0.4, 0.5) is 0 Å². The van der Waals surface area contributed by atoms with E-state index < -0.39 is 0 Å². The van der Waals surface area contributed by atoms with E-state index in [-0.39, 0.29) is 0 Å². The van der Waals surface area contributed by atoms with E-state index in [1.807, 2.05) is 66.7 Å². The average Bonchev–Trinajstić information content (AvgIpc) is 3.89. The van der Waals surface area contributed by atoms with E-state index in [1.54, 1.807) is 6.20 Å². The Hall–Kier alpha value is -7.44. The highest BCUT2D eigenvalue weighted by atomic mass is 16.4. The van der Waals surface area contributed by atoms with E-state index in [0.717, 1.165) is 89.4 Å². The first kappa shape index (κ1) is 31.3. The topological polar surface area (TPSA) is 77.8 Å². The van der Waals surface area contributed by atoms with Gasteiger partial charge in [-0.3, -0.25) is 4.98 Å². The van der Waals surface area contributed by atoms with Gasteiger partial charge in [-0.1, -0.05) is 97.1 Å². The number of fused-ring (bicyclic) bond motifs is 2. The summed E-state index contributed by atoms with van der Waals surface area (Å²) in [7, 11) is 0. The van der Waals surface area contributed by atoms with Crippen LogP contribution in [-0.4, -0.2) is 19.9 Å². The summed E-state index contributed by atoms with van der Waals surface area (Å²) in [6.45, 7) is 0. The standard InChI is InChI=1S/C48H30N4O2/c1-3-13-44-42(11-1)51-47(53-44)35-23-17-32(18-24-35)31-15-21-34(22-16-31)46-39(27-28-41(50-46)40-10-5-6-29-49-40)38-9-7-8-37(30-38)33-19-25-36(26-20-33)48-52-43-12-2-4-14-45(43)54-48/h1-30H. The number of aromatic nitrogens is 4. The predicted molar refractivity (Wildman–Crippen MR) is 215 cm³/mol. The highest BCUT2D eigenvalue weighted by Crippen LogP contribution is 2.37. The molecule has 0 unspecified atom stereocenters. The van der Waals surface area contributed by atoms with E-state index in [1.165, 1.54) is 0 Å². The van der Waals surface area contributed by atoms with Gasteiger partial charge in [0.25, 0.3) is 0 Å². The molecule has 0 amide bonds. The normalized spacial score (nSPS) is 11.3. The minimum Gasteiger partial charge on any atom is -0.436 e. The van der Waals surface area contributed by atoms with Crippen molar-refractivity contribution in [1.82, 2.24) is 19.9 Å². The molecule has 0 bridgehead atoms. The van der Waals surface area contributed by atoms with Crippen LogP contribution in [0.1, 0.15) is 0 Å². The molecule has 54 heavy (non-hydrogen) atoms. The fourth-order valence-electron chi connectivity index (χ4n) is 6.86. The third-order valence-corrected chi connectivity index (χ3v) is 9.67. The molecule has 4 heterocycles. The third kappa shape index (κ3) is 5.91. The van der Waals surface area contributed by atoms with E-state index in [9.17, 15) is 0 Å². The molecular weight excluding hydrogens is 665 g/mol. The first-order valence-electron chi connectivity index (χ1n) is 17.8. The van der Waals surface area contributed by atoms with Crippen molar-refractivity contribution in [2.45, 2.75) is 0 Å². The molecule has 0 aliphatic rings. The summed E-state index contributed by atoms with van der Waals surface area (Å²) in [5, 5.41) is 0. The number of nitrogens with zero attached hydrogens (tertiary/aromatic N) is 4. The highest BCUT2D eigenvalue weighted by molar-refractivity contribution is 5.86. The monoisotopic (exact) mass is 694 g/mol. The van der Waals surface area contributed by atoms with Crippen molar-refractivity contribution in [2.24, 2.45) is 0 Å². The average molecular weight is 695 g/mol. The van der Waals surface area contributed by atoms with Gasteiger partial charge in [0.05, 0.1) is 17.1 Å². The Kier molecular flexibility index (Phi) is 7.69. The number of hydrogen-bond donors (Lipinski definition) is 0. The van der Waals surface area contributed by atoms with E-state index in [0.29, 0.717) is 11.8 Å². The zero-order chi connectivity index (χ0) is 35.8. The summed E-state index contributed by atoms with van der Waals surface area (Å²) < 4.78 is 12.0. The fourth-order valence-corrected chi connectivity index (χ4v) is 6.86. The van der Waals surface area contributed by atoms with Gasteiger partial charge in [0.2, 0.25) is 11.8 Å². The second-order valence-electron chi connectivity index (χ2n) is 13.1. The minimum atomic E-state index is 0.614. The van der Waals surface area contributed by atoms with Gasteiger partial charge >= 0.3 is 0 Å². The number of rotatable bonds is 7. The maximum absolute atomic E-state index is 6.01. The highest BCUT2D eigenvalue weighted by Gasteiger charge is 2.15. The van der Waals surface area contributed by atoms with Crippen LogP contribution in [0.5, 0.6) is 0 Å². The van der Waals surface area contributed by atoms with Gasteiger partial charge in [-0.05, 0) is 107 Å². The fraction of sp³-hybridized carbons (Fsp3) is 0. The van der Waals surface area contributed by atoms with E-state index in [4.69, 9.17) is 13.8 Å². The lowest BCUT2D eigenvalue weighted by Crippen LogP contribution is -1.94. The number of hydrogen-bond acceptors (Lipinski definition) is 6. The van der Waals surface area contributed by atoms with Crippen LogP contribution in [-0.2, 0) is 0 Å². The molecule has 0 fully saturated rings. The molecule has 10 aromatic rings. The van der Waals surface area contributed by atoms with Crippen molar-refractivity contribution >= 4 is 22.2 Å². The number of para-hydroxylation sites is 4. The summed E-state index contributed by atoms with van der Waals surface area (Å²) in [6, 6.07) is 59.6. The largest absolute Gasteiger partial charge is 0.436 e. The second-order valence-corrected chi connectivity index (χ2v) is 13.1. The van der Waals surface area contributed by atoms with Gasteiger partial charge in [-0.25, -0.2) is 15.0 Å². The lowest BCUT2D eigenvalue weighted by Gasteiger charge is -2.14. The molecule has 6 aromatic carbocycles. The Morgan fingerprint density at radius 1 is 0.333 bits per heavy atom. The van der Waals surface area contributed by atoms with Crippen molar-refractivity contribution < 1.29 is 8.83 Å². The van der Waals surface area contributed by atoms with Crippen LogP contribution in [0.2, 0.25) is 0 Å². The maximum atomic E-state index is 6.01. The van der Waals surface area contributed by atoms with Gasteiger partial charge in [0.1, 0.15) is 11.0 Å². The Morgan fingerprint density at radius 2 is 0.852 bits per heavy atom. The molecule has 0 saturated carbocycles. The van der Waals surface area contributed by atoms with Gasteiger partial charge in [-0.15, -0.1) is 0 Å². The van der Waals surface area contributed by atoms with E-state index >= 15 is 0 Å². The first-order valence-corrected chi connectivity index (χ1v) is 17.8. The van der Waals surface area contributed by atoms with Crippen molar-refractivity contribution in [3.05, 3.63) is 182 Å². The first-order chi connectivity index (χ1) is 26.7. The van der Waals surface area contributed by atoms with Crippen molar-refractivity contribution in [3.8, 4) is 78.9 Å². The zero-order valence-electron chi connectivity index (χ0n) is 28.9. The van der Waals surface area contributed by atoms with Gasteiger partial charge < -0.3 is 8.83 Å². The Labute approximate surface area is 311 Å². The predicted octanol–water partition coefficient (Wildman–Crippen LogP) is 12.4. The Morgan fingerprint density at radius 3 is 1.43 bits per heavy atom. The summed E-state index contributed by atoms with van der Waals surface area (Å²) in [6.07, 6.45) is 1.80. The van der Waals surface area contributed by atoms with Crippen molar-refractivity contribution in [1.29, 1.82) is 0 Å². The van der Waals surface area contributed by atoms with Crippen molar-refractivity contribution in [2.75, 3.05) is 0 Å². The molecule has 0 aliphatic heterocycles. The van der Waals surface area contributed by atoms with Gasteiger partial charge in [0.15, 0.2) is 11.2 Å².